The van der Waals surface area contributed by atoms with Crippen molar-refractivity contribution in [3.63, 3.8) is 0 Å². The van der Waals surface area contributed by atoms with E-state index in [2.05, 4.69) is 31.4 Å². The van der Waals surface area contributed by atoms with E-state index in [0.29, 0.717) is 12.1 Å². The van der Waals surface area contributed by atoms with Gasteiger partial charge in [0.15, 0.2) is 0 Å². The Balaban J connectivity index is 1.93. The Morgan fingerprint density at radius 3 is 2.61 bits per heavy atom. The molecule has 18 heavy (non-hydrogen) atoms. The van der Waals surface area contributed by atoms with E-state index in [0.717, 1.165) is 25.9 Å². The number of nitrogens with zero attached hydrogens (tertiary/aromatic N) is 1. The predicted molar refractivity (Wildman–Crippen MR) is 73.7 cm³/mol. The highest BCUT2D eigenvalue weighted by molar-refractivity contribution is 5.75. The van der Waals surface area contributed by atoms with Crippen LogP contribution in [-0.4, -0.2) is 41.6 Å². The SMILES string of the molecule is CC1CN(C(=O)NC2CCCCC2)C(C)(C)CN1. The molecule has 4 nitrogen and oxygen atoms in total. The van der Waals surface area contributed by atoms with Crippen molar-refractivity contribution < 1.29 is 4.79 Å². The summed E-state index contributed by atoms with van der Waals surface area (Å²) in [6.45, 7) is 8.06. The molecule has 2 N–H and O–H groups in total. The maximum Gasteiger partial charge on any atom is 0.318 e. The number of piperazine rings is 1. The zero-order valence-corrected chi connectivity index (χ0v) is 12.0. The Morgan fingerprint density at radius 1 is 1.28 bits per heavy atom. The summed E-state index contributed by atoms with van der Waals surface area (Å²) in [4.78, 5) is 14.4. The fraction of sp³-hybridized carbons (Fsp3) is 0.929. The predicted octanol–water partition coefficient (Wildman–Crippen LogP) is 2.10. The van der Waals surface area contributed by atoms with Gasteiger partial charge in [-0.3, -0.25) is 0 Å². The second kappa shape index (κ2) is 5.47. The number of amides is 2. The lowest BCUT2D eigenvalue weighted by molar-refractivity contribution is 0.0931. The van der Waals surface area contributed by atoms with Crippen molar-refractivity contribution in [2.75, 3.05) is 13.1 Å². The normalized spacial score (nSPS) is 29.1. The summed E-state index contributed by atoms with van der Waals surface area (Å²) in [5.74, 6) is 0. The quantitative estimate of drug-likeness (QED) is 0.751. The molecule has 1 unspecified atom stereocenters. The molecular formula is C14H27N3O. The van der Waals surface area contributed by atoms with Gasteiger partial charge >= 0.3 is 6.03 Å². The van der Waals surface area contributed by atoms with Gasteiger partial charge in [-0.2, -0.15) is 0 Å². The Kier molecular flexibility index (Phi) is 4.15. The van der Waals surface area contributed by atoms with Gasteiger partial charge in [-0.25, -0.2) is 4.79 Å². The summed E-state index contributed by atoms with van der Waals surface area (Å²) < 4.78 is 0. The van der Waals surface area contributed by atoms with E-state index in [1.165, 1.54) is 19.3 Å². The van der Waals surface area contributed by atoms with Crippen LogP contribution in [0.1, 0.15) is 52.9 Å². The zero-order chi connectivity index (χ0) is 13.2. The second-order valence-corrected chi connectivity index (χ2v) is 6.49. The zero-order valence-electron chi connectivity index (χ0n) is 12.0. The largest absolute Gasteiger partial charge is 0.335 e. The molecule has 1 aliphatic heterocycles. The molecule has 2 rings (SSSR count). The van der Waals surface area contributed by atoms with E-state index in [1.807, 2.05) is 4.90 Å². The van der Waals surface area contributed by atoms with Crippen LogP contribution in [0.25, 0.3) is 0 Å². The maximum atomic E-state index is 12.4. The van der Waals surface area contributed by atoms with E-state index in [9.17, 15) is 4.79 Å². The fourth-order valence-electron chi connectivity index (χ4n) is 2.96. The summed E-state index contributed by atoms with van der Waals surface area (Å²) in [6, 6.07) is 0.905. The van der Waals surface area contributed by atoms with Crippen LogP contribution in [0.2, 0.25) is 0 Å². The molecule has 0 aromatic rings. The molecule has 0 radical (unpaired) electrons. The van der Waals surface area contributed by atoms with Crippen molar-refractivity contribution >= 4 is 6.03 Å². The average molecular weight is 253 g/mol. The van der Waals surface area contributed by atoms with E-state index in [-0.39, 0.29) is 11.6 Å². The van der Waals surface area contributed by atoms with E-state index in [4.69, 9.17) is 0 Å². The number of hydrogen-bond donors (Lipinski definition) is 2. The van der Waals surface area contributed by atoms with Crippen LogP contribution in [0.3, 0.4) is 0 Å². The third-order valence-corrected chi connectivity index (χ3v) is 4.25. The Bertz CT molecular complexity index is 297. The third kappa shape index (κ3) is 3.16. The Labute approximate surface area is 110 Å². The third-order valence-electron chi connectivity index (χ3n) is 4.25. The van der Waals surface area contributed by atoms with Crippen LogP contribution in [0, 0.1) is 0 Å². The molecule has 1 atom stereocenters. The van der Waals surface area contributed by atoms with Gasteiger partial charge in [0, 0.05) is 25.2 Å². The van der Waals surface area contributed by atoms with Gasteiger partial charge in [-0.15, -0.1) is 0 Å². The molecule has 2 aliphatic rings. The Morgan fingerprint density at radius 2 is 1.94 bits per heavy atom. The Hall–Kier alpha value is -0.770. The van der Waals surface area contributed by atoms with Gasteiger partial charge in [0.1, 0.15) is 0 Å². The first-order valence-corrected chi connectivity index (χ1v) is 7.30. The highest BCUT2D eigenvalue weighted by Crippen LogP contribution is 2.21. The van der Waals surface area contributed by atoms with Crippen molar-refractivity contribution in [2.45, 2.75) is 70.5 Å². The number of hydrogen-bond acceptors (Lipinski definition) is 2. The fourth-order valence-corrected chi connectivity index (χ4v) is 2.96. The number of carbonyl (C=O) groups is 1. The molecule has 1 aliphatic carbocycles. The number of rotatable bonds is 1. The van der Waals surface area contributed by atoms with Gasteiger partial charge in [-0.1, -0.05) is 19.3 Å². The van der Waals surface area contributed by atoms with Crippen LogP contribution < -0.4 is 10.6 Å². The minimum absolute atomic E-state index is 0.0920. The van der Waals surface area contributed by atoms with Crippen LogP contribution >= 0.6 is 0 Å². The molecule has 0 aromatic carbocycles. The first-order chi connectivity index (χ1) is 8.49. The van der Waals surface area contributed by atoms with Crippen molar-refractivity contribution in [3.8, 4) is 0 Å². The standard InChI is InChI=1S/C14H27N3O/c1-11-9-17(14(2,3)10-15-11)13(18)16-12-7-5-4-6-8-12/h11-12,15H,4-10H2,1-3H3,(H,16,18). The molecule has 0 bridgehead atoms. The summed E-state index contributed by atoms with van der Waals surface area (Å²) in [7, 11) is 0. The van der Waals surface area contributed by atoms with E-state index in [1.54, 1.807) is 0 Å². The van der Waals surface area contributed by atoms with Crippen molar-refractivity contribution in [1.29, 1.82) is 0 Å². The van der Waals surface area contributed by atoms with Crippen LogP contribution in [0.4, 0.5) is 4.79 Å². The molecule has 104 valence electrons. The summed E-state index contributed by atoms with van der Waals surface area (Å²) >= 11 is 0. The van der Waals surface area contributed by atoms with Crippen LogP contribution in [0.5, 0.6) is 0 Å². The molecule has 4 heteroatoms. The molecule has 1 saturated carbocycles. The van der Waals surface area contributed by atoms with Gasteiger partial charge in [0.2, 0.25) is 0 Å². The van der Waals surface area contributed by atoms with Crippen LogP contribution in [0.15, 0.2) is 0 Å². The average Bonchev–Trinajstić information content (AvgIpc) is 2.33. The smallest absolute Gasteiger partial charge is 0.318 e. The van der Waals surface area contributed by atoms with Crippen molar-refractivity contribution in [3.05, 3.63) is 0 Å². The van der Waals surface area contributed by atoms with Gasteiger partial charge in [0.25, 0.3) is 0 Å². The summed E-state index contributed by atoms with van der Waals surface area (Å²) in [5.41, 5.74) is -0.0920. The second-order valence-electron chi connectivity index (χ2n) is 6.49. The minimum Gasteiger partial charge on any atom is -0.335 e. The van der Waals surface area contributed by atoms with Gasteiger partial charge < -0.3 is 15.5 Å². The summed E-state index contributed by atoms with van der Waals surface area (Å²) in [6.07, 6.45) is 6.13. The highest BCUT2D eigenvalue weighted by atomic mass is 16.2. The number of carbonyl (C=O) groups excluding carboxylic acids is 1. The van der Waals surface area contributed by atoms with Crippen molar-refractivity contribution in [2.24, 2.45) is 0 Å². The first kappa shape index (κ1) is 13.7. The lowest BCUT2D eigenvalue weighted by atomic mass is 9.95. The van der Waals surface area contributed by atoms with Gasteiger partial charge in [0.05, 0.1) is 5.54 Å². The van der Waals surface area contributed by atoms with Gasteiger partial charge in [-0.05, 0) is 33.6 Å². The number of urea groups is 1. The monoisotopic (exact) mass is 253 g/mol. The number of nitrogens with one attached hydrogen (secondary N) is 2. The summed E-state index contributed by atoms with van der Waals surface area (Å²) in [5, 5.41) is 6.66. The molecular weight excluding hydrogens is 226 g/mol. The molecule has 1 saturated heterocycles. The topological polar surface area (TPSA) is 44.4 Å². The molecule has 1 heterocycles. The van der Waals surface area contributed by atoms with Crippen LogP contribution in [-0.2, 0) is 0 Å². The molecule has 2 amide bonds. The highest BCUT2D eigenvalue weighted by Gasteiger charge is 2.36. The maximum absolute atomic E-state index is 12.4. The lowest BCUT2D eigenvalue weighted by Crippen LogP contribution is -2.65. The molecule has 0 spiro atoms. The van der Waals surface area contributed by atoms with Crippen molar-refractivity contribution in [1.82, 2.24) is 15.5 Å². The molecule has 2 fully saturated rings. The minimum atomic E-state index is -0.0920. The van der Waals surface area contributed by atoms with E-state index >= 15 is 0 Å². The lowest BCUT2D eigenvalue weighted by Gasteiger charge is -2.45. The first-order valence-electron chi connectivity index (χ1n) is 7.30. The van der Waals surface area contributed by atoms with E-state index < -0.39 is 0 Å². The molecule has 0 aromatic heterocycles.